The number of aliphatic hydroxyl groups excluding tert-OH is 2. The van der Waals surface area contributed by atoms with Crippen LogP contribution in [0.3, 0.4) is 0 Å². The van der Waals surface area contributed by atoms with Crippen molar-refractivity contribution in [1.29, 1.82) is 0 Å². The largest absolute Gasteiger partial charge is 0.390 e. The van der Waals surface area contributed by atoms with Gasteiger partial charge < -0.3 is 19.3 Å². The first-order valence-corrected chi connectivity index (χ1v) is 32.9. The topological polar surface area (TPSA) is 113 Å². The maximum absolute atomic E-state index is 12.1. The highest BCUT2D eigenvalue weighted by Gasteiger charge is 2.20. The molecular weight excluding hydrogens is 1190 g/mol. The predicted octanol–water partition coefficient (Wildman–Crippen LogP) is 18.7. The van der Waals surface area contributed by atoms with Gasteiger partial charge in [0, 0.05) is 68.2 Å². The van der Waals surface area contributed by atoms with Gasteiger partial charge in [0.05, 0.1) is 82.6 Å². The Kier molecular flexibility index (Phi) is 18.5. The smallest absolute Gasteiger partial charge is 0.0809 e. The van der Waals surface area contributed by atoms with Gasteiger partial charge >= 0.3 is 0 Å². The summed E-state index contributed by atoms with van der Waals surface area (Å²) < 4.78 is 4.43. The highest BCUT2D eigenvalue weighted by atomic mass is 32.2. The van der Waals surface area contributed by atoms with Gasteiger partial charge in [0.25, 0.3) is 0 Å². The summed E-state index contributed by atoms with van der Waals surface area (Å²) in [5.74, 6) is 0.809. The average molecular weight is 1260 g/mol. The molecule has 2 N–H and O–H groups in total. The van der Waals surface area contributed by atoms with Crippen molar-refractivity contribution in [2.75, 3.05) is 31.5 Å². The number of anilines is 8. The van der Waals surface area contributed by atoms with Gasteiger partial charge in [-0.2, -0.15) is 32.2 Å². The number of hydrogen-bond donors (Lipinski definition) is 2. The van der Waals surface area contributed by atoms with Gasteiger partial charge in [-0.15, -0.1) is 0 Å². The van der Waals surface area contributed by atoms with Crippen LogP contribution in [0.15, 0.2) is 336 Å². The fourth-order valence-electron chi connectivity index (χ4n) is 12.0. The number of hydrogen-bond acceptors (Lipinski definition) is 11. The van der Waals surface area contributed by atoms with Crippen molar-refractivity contribution in [1.82, 2.24) is 9.13 Å². The molecule has 0 saturated carbocycles. The number of fused-ring (bicyclic) bond motifs is 6. The number of para-hydroxylation sites is 8. The maximum atomic E-state index is 12.1. The number of thioether (sulfide) groups is 1. The Morgan fingerprint density at radius 1 is 0.274 bits per heavy atom. The Morgan fingerprint density at radius 2 is 0.463 bits per heavy atom. The summed E-state index contributed by atoms with van der Waals surface area (Å²) in [7, 11) is 0. The lowest BCUT2D eigenvalue weighted by molar-refractivity contribution is 0.176. The SMILES string of the molecule is OC(CSCC(O)Cn1c2ccc(/C=N/N(c3ccccc3)c3ccccc3)cc2c2cc(/C=N/N(c3ccccc3)c3ccccc3)ccc21)Cn1c2ccc(/C=N/N(c3ccccc3)c3ccccc3)cc2c2cc(/C=N/N(c3ccccc3)c3ccccc3)ccc21. The summed E-state index contributed by atoms with van der Waals surface area (Å²) in [5, 5.41) is 56.3. The lowest BCUT2D eigenvalue weighted by Crippen LogP contribution is -2.22. The molecule has 0 aliphatic heterocycles. The fourth-order valence-corrected chi connectivity index (χ4v) is 12.9. The first-order chi connectivity index (χ1) is 46.9. The number of nitrogens with zero attached hydrogens (tertiary/aromatic N) is 10. The Morgan fingerprint density at radius 3 is 0.653 bits per heavy atom. The van der Waals surface area contributed by atoms with E-state index in [0.29, 0.717) is 24.6 Å². The minimum absolute atomic E-state index is 0.336. The van der Waals surface area contributed by atoms with E-state index in [1.807, 2.05) is 190 Å². The standard InChI is InChI=1S/C82H68N10O2S/c93-73(57-87-79-45-41-61(53-83-89(65-25-9-1-10-26-65)66-27-11-2-12-28-66)49-75(79)76-50-62(42-46-80(76)87)54-84-90(67-29-13-3-14-30-67)68-31-15-4-16-32-68)59-95-60-74(94)58-88-81-47-43-63(55-85-91(69-33-17-5-18-34-69)70-35-19-6-20-36-70)51-77(81)78-52-64(44-48-82(78)88)56-86-92(71-37-21-7-22-38-71)72-39-23-8-24-40-72/h1-56,73-74,93-94H,57-60H2/b83-53+,84-54+,85-55+,86-56+. The van der Waals surface area contributed by atoms with Crippen LogP contribution in [0.1, 0.15) is 22.3 Å². The Hall–Kier alpha value is -11.6. The first kappa shape index (κ1) is 60.9. The molecule has 0 radical (unpaired) electrons. The van der Waals surface area contributed by atoms with Crippen LogP contribution >= 0.6 is 11.8 Å². The number of rotatable bonds is 24. The Balaban J connectivity index is 0.743. The van der Waals surface area contributed by atoms with E-state index in [4.69, 9.17) is 20.4 Å². The molecular formula is C82H68N10O2S. The van der Waals surface area contributed by atoms with E-state index in [9.17, 15) is 10.2 Å². The molecule has 95 heavy (non-hydrogen) atoms. The van der Waals surface area contributed by atoms with Gasteiger partial charge in [0.1, 0.15) is 0 Å². The Labute approximate surface area is 556 Å². The second-order valence-electron chi connectivity index (χ2n) is 23.1. The van der Waals surface area contributed by atoms with E-state index in [-0.39, 0.29) is 0 Å². The highest BCUT2D eigenvalue weighted by Crippen LogP contribution is 2.36. The third kappa shape index (κ3) is 14.1. The van der Waals surface area contributed by atoms with Crippen LogP contribution in [-0.2, 0) is 13.1 Å². The lowest BCUT2D eigenvalue weighted by Gasteiger charge is -2.19. The molecule has 0 spiro atoms. The van der Waals surface area contributed by atoms with Crippen molar-refractivity contribution in [2.24, 2.45) is 20.4 Å². The number of aliphatic hydroxyl groups is 2. The van der Waals surface area contributed by atoms with Crippen molar-refractivity contribution >= 4 is 126 Å². The van der Waals surface area contributed by atoms with E-state index < -0.39 is 12.2 Å². The number of benzene rings is 12. The van der Waals surface area contributed by atoms with Crippen LogP contribution < -0.4 is 20.0 Å². The summed E-state index contributed by atoms with van der Waals surface area (Å²) in [4.78, 5) is 0. The van der Waals surface area contributed by atoms with Crippen molar-refractivity contribution in [2.45, 2.75) is 25.3 Å². The van der Waals surface area contributed by atoms with Gasteiger partial charge in [-0.25, -0.2) is 20.0 Å². The molecule has 0 aliphatic rings. The van der Waals surface area contributed by atoms with E-state index in [0.717, 1.165) is 111 Å². The fraction of sp³-hybridized carbons (Fsp3) is 0.0732. The first-order valence-electron chi connectivity index (χ1n) is 31.8. The predicted molar refractivity (Wildman–Crippen MR) is 399 cm³/mol. The number of aromatic nitrogens is 2. The van der Waals surface area contributed by atoms with Crippen LogP contribution in [0.25, 0.3) is 43.6 Å². The third-order valence-electron chi connectivity index (χ3n) is 16.5. The summed E-state index contributed by atoms with van der Waals surface area (Å²) in [6.07, 6.45) is 6.14. The summed E-state index contributed by atoms with van der Waals surface area (Å²) in [6, 6.07) is 107. The third-order valence-corrected chi connectivity index (χ3v) is 17.8. The van der Waals surface area contributed by atoms with Gasteiger partial charge in [0.2, 0.25) is 0 Å². The normalized spacial score (nSPS) is 12.5. The van der Waals surface area contributed by atoms with Crippen LogP contribution in [-0.4, -0.2) is 67.9 Å². The molecule has 0 saturated heterocycles. The molecule has 2 unspecified atom stereocenters. The van der Waals surface area contributed by atoms with Gasteiger partial charge in [-0.3, -0.25) is 0 Å². The van der Waals surface area contributed by atoms with Crippen LogP contribution in [0.5, 0.6) is 0 Å². The molecule has 464 valence electrons. The maximum Gasteiger partial charge on any atom is 0.0809 e. The zero-order chi connectivity index (χ0) is 64.1. The highest BCUT2D eigenvalue weighted by molar-refractivity contribution is 7.99. The summed E-state index contributed by atoms with van der Waals surface area (Å²) in [5.41, 5.74) is 15.2. The lowest BCUT2D eigenvalue weighted by atomic mass is 10.1. The number of hydrazone groups is 4. The second-order valence-corrected chi connectivity index (χ2v) is 24.2. The molecule has 12 nitrogen and oxygen atoms in total. The van der Waals surface area contributed by atoms with Crippen molar-refractivity contribution in [3.63, 3.8) is 0 Å². The molecule has 2 aromatic heterocycles. The molecule has 14 rings (SSSR count). The quantitative estimate of drug-likeness (QED) is 0.0458. The molecule has 14 aromatic rings. The minimum atomic E-state index is -0.739. The molecule has 0 amide bonds. The second kappa shape index (κ2) is 28.9. The molecule has 0 bridgehead atoms. The molecule has 12 aromatic carbocycles. The van der Waals surface area contributed by atoms with Crippen molar-refractivity contribution in [3.05, 3.63) is 338 Å². The minimum Gasteiger partial charge on any atom is -0.390 e. The van der Waals surface area contributed by atoms with Gasteiger partial charge in [0.15, 0.2) is 0 Å². The van der Waals surface area contributed by atoms with E-state index in [1.165, 1.54) is 0 Å². The molecule has 13 heteroatoms. The zero-order valence-electron chi connectivity index (χ0n) is 52.1. The molecule has 2 heterocycles. The molecule has 0 fully saturated rings. The monoisotopic (exact) mass is 1260 g/mol. The van der Waals surface area contributed by atoms with Gasteiger partial charge in [-0.05, 0) is 168 Å². The van der Waals surface area contributed by atoms with Crippen LogP contribution in [0.4, 0.5) is 45.5 Å². The molecule has 2 atom stereocenters. The van der Waals surface area contributed by atoms with Crippen LogP contribution in [0.2, 0.25) is 0 Å². The average Bonchev–Trinajstić information content (AvgIpc) is 1.62. The van der Waals surface area contributed by atoms with Crippen molar-refractivity contribution in [3.8, 4) is 0 Å². The van der Waals surface area contributed by atoms with E-state index >= 15 is 0 Å². The zero-order valence-corrected chi connectivity index (χ0v) is 52.9. The molecule has 0 aliphatic carbocycles. The van der Waals surface area contributed by atoms with Gasteiger partial charge in [-0.1, -0.05) is 170 Å². The van der Waals surface area contributed by atoms with E-state index in [1.54, 1.807) is 11.8 Å². The Bertz CT molecular complexity index is 4210. The summed E-state index contributed by atoms with van der Waals surface area (Å²) in [6.45, 7) is 0.672. The summed E-state index contributed by atoms with van der Waals surface area (Å²) >= 11 is 1.55. The van der Waals surface area contributed by atoms with Crippen LogP contribution in [0, 0.1) is 0 Å². The van der Waals surface area contributed by atoms with Crippen molar-refractivity contribution < 1.29 is 10.2 Å². The van der Waals surface area contributed by atoms with E-state index in [2.05, 4.69) is 179 Å².